The summed E-state index contributed by atoms with van der Waals surface area (Å²) in [5.41, 5.74) is 5.06. The Balaban J connectivity index is 1.70. The van der Waals surface area contributed by atoms with E-state index >= 15 is 0 Å². The molecule has 3 nitrogen and oxygen atoms in total. The fourth-order valence-corrected chi connectivity index (χ4v) is 4.01. The molecule has 1 aliphatic carbocycles. The molecule has 2 bridgehead atoms. The van der Waals surface area contributed by atoms with Gasteiger partial charge in [-0.15, -0.1) is 0 Å². The van der Waals surface area contributed by atoms with Crippen molar-refractivity contribution < 1.29 is 18.7 Å². The van der Waals surface area contributed by atoms with Gasteiger partial charge in [0, 0.05) is 0 Å². The first kappa shape index (κ1) is 17.0. The molecule has 0 radical (unpaired) electrons. The molecule has 0 saturated carbocycles. The van der Waals surface area contributed by atoms with Crippen LogP contribution in [0, 0.1) is 5.82 Å². The zero-order valence-corrected chi connectivity index (χ0v) is 15.6. The van der Waals surface area contributed by atoms with E-state index in [0.29, 0.717) is 39.8 Å². The topological polar surface area (TPSA) is 50.4 Å². The van der Waals surface area contributed by atoms with Gasteiger partial charge in [-0.3, -0.25) is 4.79 Å². The first-order valence-electron chi connectivity index (χ1n) is 8.91. The number of carbonyl (C=O) groups excluding carboxylic acids is 1. The number of ketones is 1. The molecule has 138 valence electrons. The van der Waals surface area contributed by atoms with Crippen molar-refractivity contribution in [3.05, 3.63) is 81.6 Å². The van der Waals surface area contributed by atoms with Gasteiger partial charge in [0.2, 0.25) is 5.78 Å². The van der Waals surface area contributed by atoms with Gasteiger partial charge in [-0.05, 0) is 59.0 Å². The Kier molecular flexibility index (Phi) is 3.61. The number of carbonyl (C=O) groups is 1. The third kappa shape index (κ3) is 2.25. The number of hydrogen-bond acceptors (Lipinski definition) is 3. The maximum atomic E-state index is 13.9. The number of Topliss-reactive ketones (excluding diaryl/α,β-unsaturated/α-hetero) is 1. The SMILES string of the molecule is CCc1ccc(-c2ccc(Cl)c(F)c2)cc1C1=C(O)c2c(c3ccc2o3)C1=O. The smallest absolute Gasteiger partial charge is 0.202 e. The van der Waals surface area contributed by atoms with Gasteiger partial charge in [-0.2, -0.15) is 0 Å². The number of aliphatic hydroxyl groups excluding tert-OH is 1. The van der Waals surface area contributed by atoms with Crippen molar-refractivity contribution in [3.8, 4) is 11.1 Å². The quantitative estimate of drug-likeness (QED) is 0.432. The summed E-state index contributed by atoms with van der Waals surface area (Å²) in [6.07, 6.45) is 0.682. The Hall–Kier alpha value is -3.11. The number of hydrogen-bond donors (Lipinski definition) is 1. The molecule has 1 N–H and O–H groups in total. The molecule has 0 amide bonds. The van der Waals surface area contributed by atoms with Crippen molar-refractivity contribution in [2.24, 2.45) is 0 Å². The zero-order chi connectivity index (χ0) is 19.6. The Morgan fingerprint density at radius 2 is 1.68 bits per heavy atom. The van der Waals surface area contributed by atoms with Crippen molar-refractivity contribution in [2.45, 2.75) is 13.3 Å². The minimum Gasteiger partial charge on any atom is -0.506 e. The van der Waals surface area contributed by atoms with Crippen LogP contribution in [0.25, 0.3) is 33.6 Å². The molecule has 2 aromatic carbocycles. The van der Waals surface area contributed by atoms with E-state index in [1.165, 1.54) is 12.1 Å². The van der Waals surface area contributed by atoms with E-state index in [-0.39, 0.29) is 22.1 Å². The number of allylic oxidation sites excluding steroid dienone is 1. The largest absolute Gasteiger partial charge is 0.506 e. The lowest BCUT2D eigenvalue weighted by molar-refractivity contribution is 0.106. The normalized spacial score (nSPS) is 13.8. The van der Waals surface area contributed by atoms with Crippen molar-refractivity contribution in [1.82, 2.24) is 0 Å². The number of rotatable bonds is 3. The van der Waals surface area contributed by atoms with E-state index in [2.05, 4.69) is 0 Å². The second kappa shape index (κ2) is 5.94. The van der Waals surface area contributed by atoms with E-state index in [1.54, 1.807) is 18.2 Å². The third-order valence-corrected chi connectivity index (χ3v) is 5.60. The maximum absolute atomic E-state index is 13.9. The van der Waals surface area contributed by atoms with Crippen molar-refractivity contribution in [3.63, 3.8) is 0 Å². The molecule has 0 unspecified atom stereocenters. The summed E-state index contributed by atoms with van der Waals surface area (Å²) < 4.78 is 19.4. The average Bonchev–Trinajstić information content (AvgIpc) is 3.37. The predicted octanol–water partition coefficient (Wildman–Crippen LogP) is 6.52. The van der Waals surface area contributed by atoms with Crippen LogP contribution in [0.15, 0.2) is 52.9 Å². The lowest BCUT2D eigenvalue weighted by Crippen LogP contribution is -2.02. The molecular weight excluding hydrogens is 379 g/mol. The Morgan fingerprint density at radius 1 is 1.00 bits per heavy atom. The van der Waals surface area contributed by atoms with Gasteiger partial charge in [-0.25, -0.2) is 4.39 Å². The van der Waals surface area contributed by atoms with E-state index in [0.717, 1.165) is 11.1 Å². The van der Waals surface area contributed by atoms with Gasteiger partial charge in [0.25, 0.3) is 0 Å². The molecule has 0 fully saturated rings. The van der Waals surface area contributed by atoms with E-state index < -0.39 is 5.82 Å². The molecule has 5 rings (SSSR count). The molecule has 0 atom stereocenters. The highest BCUT2D eigenvalue weighted by Crippen LogP contribution is 2.45. The summed E-state index contributed by atoms with van der Waals surface area (Å²) in [5.74, 6) is -0.827. The number of aryl methyl sites for hydroxylation is 1. The Labute approximate surface area is 165 Å². The van der Waals surface area contributed by atoms with Gasteiger partial charge < -0.3 is 9.52 Å². The molecule has 1 aliphatic rings. The van der Waals surface area contributed by atoms with Gasteiger partial charge in [0.15, 0.2) is 0 Å². The summed E-state index contributed by atoms with van der Waals surface area (Å²) in [5, 5.41) is 10.9. The fraction of sp³-hybridized carbons (Fsp3) is 0.0870. The second-order valence-corrected chi connectivity index (χ2v) is 7.23. The molecule has 5 heteroatoms. The molecule has 28 heavy (non-hydrogen) atoms. The molecular formula is C23H14ClFO3. The Morgan fingerprint density at radius 3 is 2.36 bits per heavy atom. The molecule has 0 spiro atoms. The average molecular weight is 393 g/mol. The van der Waals surface area contributed by atoms with Gasteiger partial charge in [0.1, 0.15) is 22.7 Å². The van der Waals surface area contributed by atoms with Crippen molar-refractivity contribution in [1.29, 1.82) is 0 Å². The number of halogens is 2. The second-order valence-electron chi connectivity index (χ2n) is 6.82. The lowest BCUT2D eigenvalue weighted by atomic mass is 9.91. The fourth-order valence-electron chi connectivity index (χ4n) is 3.89. The minimum absolute atomic E-state index is 0.0538. The number of aliphatic hydroxyl groups is 1. The van der Waals surface area contributed by atoms with Gasteiger partial charge in [-0.1, -0.05) is 36.7 Å². The van der Waals surface area contributed by atoms with E-state index in [9.17, 15) is 14.3 Å². The van der Waals surface area contributed by atoms with Crippen LogP contribution in [0.3, 0.4) is 0 Å². The summed E-state index contributed by atoms with van der Waals surface area (Å²) in [6.45, 7) is 1.98. The maximum Gasteiger partial charge on any atom is 0.202 e. The van der Waals surface area contributed by atoms with Crippen LogP contribution in [0.2, 0.25) is 5.02 Å². The van der Waals surface area contributed by atoms with Gasteiger partial charge >= 0.3 is 0 Å². The summed E-state index contributed by atoms with van der Waals surface area (Å²) in [7, 11) is 0. The minimum atomic E-state index is -0.507. The van der Waals surface area contributed by atoms with Crippen LogP contribution in [-0.4, -0.2) is 10.9 Å². The van der Waals surface area contributed by atoms with Crippen molar-refractivity contribution >= 4 is 39.9 Å². The molecule has 2 aromatic heterocycles. The first-order valence-corrected chi connectivity index (χ1v) is 9.29. The summed E-state index contributed by atoms with van der Waals surface area (Å²) in [4.78, 5) is 13.1. The molecule has 0 aliphatic heterocycles. The summed E-state index contributed by atoms with van der Waals surface area (Å²) >= 11 is 5.79. The summed E-state index contributed by atoms with van der Waals surface area (Å²) in [6, 6.07) is 13.7. The highest BCUT2D eigenvalue weighted by Gasteiger charge is 2.37. The number of furan rings is 2. The molecule has 4 aromatic rings. The van der Waals surface area contributed by atoms with Crippen LogP contribution in [-0.2, 0) is 6.42 Å². The van der Waals surface area contributed by atoms with Crippen LogP contribution in [0.5, 0.6) is 0 Å². The highest BCUT2D eigenvalue weighted by molar-refractivity contribution is 6.42. The van der Waals surface area contributed by atoms with Crippen LogP contribution in [0.4, 0.5) is 4.39 Å². The Bertz CT molecular complexity index is 1300. The zero-order valence-electron chi connectivity index (χ0n) is 14.8. The molecule has 2 heterocycles. The lowest BCUT2D eigenvalue weighted by Gasteiger charge is -2.12. The standard InChI is InChI=1S/C23H14ClFO3/c1-2-11-3-4-12(13-5-6-15(24)16(25)10-13)9-14(11)19-22(26)20-17-7-8-18(28-17)21(20)23(19)27/h3-10,26H,2H2,1H3. The highest BCUT2D eigenvalue weighted by atomic mass is 35.5. The molecule has 0 saturated heterocycles. The number of benzene rings is 3. The first-order chi connectivity index (χ1) is 13.5. The van der Waals surface area contributed by atoms with Crippen LogP contribution in [0.1, 0.15) is 34.0 Å². The van der Waals surface area contributed by atoms with E-state index in [1.807, 2.05) is 25.1 Å². The predicted molar refractivity (Wildman–Crippen MR) is 107 cm³/mol. The van der Waals surface area contributed by atoms with Gasteiger partial charge in [0.05, 0.1) is 21.7 Å². The van der Waals surface area contributed by atoms with Crippen molar-refractivity contribution in [2.75, 3.05) is 0 Å². The van der Waals surface area contributed by atoms with E-state index in [4.69, 9.17) is 16.0 Å². The number of fused-ring (bicyclic) bond motifs is 5. The van der Waals surface area contributed by atoms with Crippen LogP contribution >= 0.6 is 11.6 Å². The monoisotopic (exact) mass is 392 g/mol. The van der Waals surface area contributed by atoms with Crippen LogP contribution < -0.4 is 0 Å². The third-order valence-electron chi connectivity index (χ3n) is 5.29.